The van der Waals surface area contributed by atoms with Crippen molar-refractivity contribution in [2.75, 3.05) is 7.11 Å². The van der Waals surface area contributed by atoms with E-state index in [2.05, 4.69) is 5.10 Å². The summed E-state index contributed by atoms with van der Waals surface area (Å²) >= 11 is 12.0. The lowest BCUT2D eigenvalue weighted by Crippen LogP contribution is -2.11. The number of aromatic nitrogens is 2. The molecule has 1 aromatic heterocycles. The van der Waals surface area contributed by atoms with Crippen LogP contribution < -0.4 is 4.74 Å². The van der Waals surface area contributed by atoms with Gasteiger partial charge in [0.2, 0.25) is 0 Å². The maximum atomic E-state index is 10.4. The van der Waals surface area contributed by atoms with Crippen LogP contribution in [0.25, 0.3) is 0 Å². The van der Waals surface area contributed by atoms with Crippen LogP contribution in [0.2, 0.25) is 10.0 Å². The largest absolute Gasteiger partial charge is 0.493 e. The molecule has 0 saturated carbocycles. The van der Waals surface area contributed by atoms with Gasteiger partial charge < -0.3 is 9.84 Å². The first-order valence-electron chi connectivity index (χ1n) is 6.28. The number of halogens is 2. The number of rotatable bonds is 5. The van der Waals surface area contributed by atoms with Gasteiger partial charge in [0.15, 0.2) is 5.75 Å². The highest BCUT2D eigenvalue weighted by Gasteiger charge is 2.20. The molecule has 2 rings (SSSR count). The average molecular weight is 315 g/mol. The smallest absolute Gasteiger partial charge is 0.162 e. The molecule has 0 spiro atoms. The summed E-state index contributed by atoms with van der Waals surface area (Å²) < 4.78 is 6.95. The number of nitrogens with zero attached hydrogens (tertiary/aromatic N) is 2. The molecule has 0 bridgehead atoms. The monoisotopic (exact) mass is 314 g/mol. The molecule has 1 N–H and O–H groups in total. The fraction of sp³-hybridized carbons (Fsp3) is 0.357. The fourth-order valence-electron chi connectivity index (χ4n) is 2.12. The number of ether oxygens (including phenoxy) is 1. The molecule has 0 aliphatic carbocycles. The number of hydrogen-bond donors (Lipinski definition) is 1. The first-order chi connectivity index (χ1) is 9.56. The van der Waals surface area contributed by atoms with Crippen molar-refractivity contribution in [3.05, 3.63) is 45.7 Å². The van der Waals surface area contributed by atoms with E-state index >= 15 is 0 Å². The molecular weight excluding hydrogens is 299 g/mol. The Labute approximate surface area is 127 Å². The van der Waals surface area contributed by atoms with Crippen LogP contribution in [-0.2, 0) is 13.0 Å². The second-order valence-electron chi connectivity index (χ2n) is 4.37. The summed E-state index contributed by atoms with van der Waals surface area (Å²) in [5.74, 6) is 0.574. The molecule has 1 unspecified atom stereocenters. The maximum Gasteiger partial charge on any atom is 0.162 e. The standard InChI is InChI=1S/C14H16Cl2N2O2/c1-3-18-14(13(20-2)8-17-18)12(19)6-9-4-5-10(15)7-11(9)16/h4-5,7-8,12,19H,3,6H2,1-2H3. The van der Waals surface area contributed by atoms with Crippen LogP contribution in [0.4, 0.5) is 0 Å². The lowest BCUT2D eigenvalue weighted by atomic mass is 10.1. The zero-order valence-corrected chi connectivity index (χ0v) is 12.8. The van der Waals surface area contributed by atoms with Crippen molar-refractivity contribution >= 4 is 23.2 Å². The SMILES string of the molecule is CCn1ncc(OC)c1C(O)Cc1ccc(Cl)cc1Cl. The minimum absolute atomic E-state index is 0.373. The Kier molecular flexibility index (Phi) is 4.91. The minimum Gasteiger partial charge on any atom is -0.493 e. The highest BCUT2D eigenvalue weighted by Crippen LogP contribution is 2.30. The second-order valence-corrected chi connectivity index (χ2v) is 5.21. The van der Waals surface area contributed by atoms with E-state index in [9.17, 15) is 5.11 Å². The van der Waals surface area contributed by atoms with E-state index in [4.69, 9.17) is 27.9 Å². The number of aryl methyl sites for hydroxylation is 1. The van der Waals surface area contributed by atoms with Gasteiger partial charge in [-0.3, -0.25) is 4.68 Å². The van der Waals surface area contributed by atoms with Crippen LogP contribution in [0.15, 0.2) is 24.4 Å². The molecule has 0 radical (unpaired) electrons. The molecule has 0 amide bonds. The number of benzene rings is 1. The maximum absolute atomic E-state index is 10.4. The van der Waals surface area contributed by atoms with E-state index in [1.807, 2.05) is 13.0 Å². The lowest BCUT2D eigenvalue weighted by molar-refractivity contribution is 0.162. The van der Waals surface area contributed by atoms with Gasteiger partial charge in [-0.2, -0.15) is 5.10 Å². The lowest BCUT2D eigenvalue weighted by Gasteiger charge is -2.15. The Morgan fingerprint density at radius 3 is 2.75 bits per heavy atom. The first-order valence-corrected chi connectivity index (χ1v) is 7.04. The van der Waals surface area contributed by atoms with Crippen molar-refractivity contribution in [1.29, 1.82) is 0 Å². The van der Waals surface area contributed by atoms with Crippen LogP contribution in [0.3, 0.4) is 0 Å². The quantitative estimate of drug-likeness (QED) is 0.919. The Bertz CT molecular complexity index is 577. The Hall–Kier alpha value is -1.23. The predicted molar refractivity (Wildman–Crippen MR) is 79.6 cm³/mol. The molecule has 6 heteroatoms. The molecule has 1 atom stereocenters. The van der Waals surface area contributed by atoms with Gasteiger partial charge in [0.05, 0.1) is 13.3 Å². The molecule has 1 aromatic carbocycles. The van der Waals surface area contributed by atoms with Crippen LogP contribution >= 0.6 is 23.2 Å². The Balaban J connectivity index is 2.27. The summed E-state index contributed by atoms with van der Waals surface area (Å²) in [6, 6.07) is 5.23. The molecule has 0 saturated heterocycles. The summed E-state index contributed by atoms with van der Waals surface area (Å²) in [4.78, 5) is 0. The molecule has 2 aromatic rings. The fourth-order valence-corrected chi connectivity index (χ4v) is 2.60. The summed E-state index contributed by atoms with van der Waals surface area (Å²) in [5.41, 5.74) is 1.48. The molecule has 4 nitrogen and oxygen atoms in total. The van der Waals surface area contributed by atoms with Gasteiger partial charge in [0.25, 0.3) is 0 Å². The summed E-state index contributed by atoms with van der Waals surface area (Å²) in [5, 5.41) is 15.7. The van der Waals surface area contributed by atoms with Gasteiger partial charge in [0.1, 0.15) is 11.8 Å². The topological polar surface area (TPSA) is 47.3 Å². The Morgan fingerprint density at radius 1 is 1.40 bits per heavy atom. The van der Waals surface area contributed by atoms with E-state index in [1.54, 1.807) is 30.1 Å². The molecule has 1 heterocycles. The summed E-state index contributed by atoms with van der Waals surface area (Å²) in [6.07, 6.45) is 1.23. The van der Waals surface area contributed by atoms with Gasteiger partial charge in [-0.1, -0.05) is 29.3 Å². The van der Waals surface area contributed by atoms with E-state index in [0.717, 1.165) is 5.56 Å². The highest BCUT2D eigenvalue weighted by molar-refractivity contribution is 6.35. The van der Waals surface area contributed by atoms with E-state index in [-0.39, 0.29) is 0 Å². The van der Waals surface area contributed by atoms with Crippen LogP contribution in [0, 0.1) is 0 Å². The second kappa shape index (κ2) is 6.48. The minimum atomic E-state index is -0.744. The molecular formula is C14H16Cl2N2O2. The number of hydrogen-bond acceptors (Lipinski definition) is 3. The van der Waals surface area contributed by atoms with E-state index in [0.29, 0.717) is 34.5 Å². The Morgan fingerprint density at radius 2 is 2.15 bits per heavy atom. The third kappa shape index (κ3) is 3.08. The van der Waals surface area contributed by atoms with Crippen LogP contribution in [0.1, 0.15) is 24.3 Å². The highest BCUT2D eigenvalue weighted by atomic mass is 35.5. The van der Waals surface area contributed by atoms with Crippen molar-refractivity contribution in [3.63, 3.8) is 0 Å². The van der Waals surface area contributed by atoms with E-state index in [1.165, 1.54) is 0 Å². The van der Waals surface area contributed by atoms with Crippen molar-refractivity contribution < 1.29 is 9.84 Å². The average Bonchev–Trinajstić information content (AvgIpc) is 2.84. The molecule has 0 aliphatic heterocycles. The first kappa shape index (κ1) is 15.2. The molecule has 0 fully saturated rings. The van der Waals surface area contributed by atoms with Crippen molar-refractivity contribution in [2.24, 2.45) is 0 Å². The molecule has 20 heavy (non-hydrogen) atoms. The van der Waals surface area contributed by atoms with Crippen LogP contribution in [-0.4, -0.2) is 22.0 Å². The zero-order chi connectivity index (χ0) is 14.7. The van der Waals surface area contributed by atoms with Crippen LogP contribution in [0.5, 0.6) is 5.75 Å². The number of aliphatic hydroxyl groups excluding tert-OH is 1. The van der Waals surface area contributed by atoms with Crippen molar-refractivity contribution in [1.82, 2.24) is 9.78 Å². The summed E-state index contributed by atoms with van der Waals surface area (Å²) in [7, 11) is 1.56. The van der Waals surface area contributed by atoms with Gasteiger partial charge in [-0.05, 0) is 24.6 Å². The van der Waals surface area contributed by atoms with Gasteiger partial charge >= 0.3 is 0 Å². The third-order valence-corrected chi connectivity index (χ3v) is 3.70. The molecule has 0 aliphatic rings. The van der Waals surface area contributed by atoms with Crippen molar-refractivity contribution in [3.8, 4) is 5.75 Å². The van der Waals surface area contributed by atoms with Gasteiger partial charge in [-0.15, -0.1) is 0 Å². The van der Waals surface area contributed by atoms with Gasteiger partial charge in [-0.25, -0.2) is 0 Å². The molecule has 108 valence electrons. The van der Waals surface area contributed by atoms with Crippen molar-refractivity contribution in [2.45, 2.75) is 26.0 Å². The normalized spacial score (nSPS) is 12.4. The van der Waals surface area contributed by atoms with Gasteiger partial charge in [0, 0.05) is 23.0 Å². The number of aliphatic hydroxyl groups is 1. The number of methoxy groups -OCH3 is 1. The zero-order valence-electron chi connectivity index (χ0n) is 11.3. The van der Waals surface area contributed by atoms with E-state index < -0.39 is 6.10 Å². The third-order valence-electron chi connectivity index (χ3n) is 3.11. The summed E-state index contributed by atoms with van der Waals surface area (Å²) in [6.45, 7) is 2.61. The predicted octanol–water partition coefficient (Wildman–Crippen LogP) is 3.49.